The molecular weight excluding hydrogens is 653 g/mol. The Balaban J connectivity index is 0.000000200. The topological polar surface area (TPSA) is 124 Å². The van der Waals surface area contributed by atoms with Gasteiger partial charge in [-0.3, -0.25) is 29.0 Å². The second-order valence-electron chi connectivity index (χ2n) is 12.2. The zero-order chi connectivity index (χ0) is 37.6. The van der Waals surface area contributed by atoms with Crippen LogP contribution in [0.4, 0.5) is 22.7 Å². The maximum Gasteiger partial charge on any atom is 0.253 e. The normalized spacial score (nSPS) is 15.4. The Kier molecular flexibility index (Phi) is 14.1. The van der Waals surface area contributed by atoms with E-state index in [4.69, 9.17) is 0 Å². The first-order chi connectivity index (χ1) is 25.1. The highest BCUT2D eigenvalue weighted by molar-refractivity contribution is 6.12. The number of imide groups is 2. The Labute approximate surface area is 306 Å². The molecule has 2 heterocycles. The number of likely N-dealkylation sites (N-methyl/N-ethyl adjacent to an activating group) is 2. The van der Waals surface area contributed by atoms with Crippen molar-refractivity contribution < 1.29 is 19.2 Å². The van der Waals surface area contributed by atoms with Crippen molar-refractivity contribution >= 4 is 46.4 Å². The van der Waals surface area contributed by atoms with Crippen molar-refractivity contribution in [2.75, 3.05) is 14.1 Å². The average Bonchev–Trinajstić information content (AvgIpc) is 3.62. The molecule has 0 N–H and O–H groups in total. The quantitative estimate of drug-likeness (QED) is 0.128. The zero-order valence-electron chi connectivity index (χ0n) is 30.7. The third-order valence-electron chi connectivity index (χ3n) is 8.96. The number of nitrogens with zero attached hydrogens (tertiary/aromatic N) is 6. The molecule has 2 aliphatic heterocycles. The summed E-state index contributed by atoms with van der Waals surface area (Å²) in [6.45, 7) is 8.40. The molecule has 10 heteroatoms. The van der Waals surface area contributed by atoms with E-state index in [1.807, 2.05) is 85.8 Å². The summed E-state index contributed by atoms with van der Waals surface area (Å²) in [4.78, 5) is 47.5. The molecule has 1 fully saturated rings. The predicted molar refractivity (Wildman–Crippen MR) is 204 cm³/mol. The van der Waals surface area contributed by atoms with Gasteiger partial charge in [0.25, 0.3) is 11.8 Å². The molecule has 10 nitrogen and oxygen atoms in total. The molecule has 0 aliphatic carbocycles. The van der Waals surface area contributed by atoms with Crippen molar-refractivity contribution in [1.82, 2.24) is 9.80 Å². The van der Waals surface area contributed by atoms with Crippen molar-refractivity contribution in [1.29, 1.82) is 0 Å². The van der Waals surface area contributed by atoms with Crippen molar-refractivity contribution in [3.05, 3.63) is 131 Å². The van der Waals surface area contributed by atoms with E-state index in [2.05, 4.69) is 53.4 Å². The van der Waals surface area contributed by atoms with E-state index in [0.29, 0.717) is 5.69 Å². The van der Waals surface area contributed by atoms with Gasteiger partial charge >= 0.3 is 0 Å². The maximum atomic E-state index is 12.5. The summed E-state index contributed by atoms with van der Waals surface area (Å²) >= 11 is 0. The molecule has 0 radical (unpaired) electrons. The van der Waals surface area contributed by atoms with Crippen LogP contribution in [0.5, 0.6) is 0 Å². The van der Waals surface area contributed by atoms with Crippen LogP contribution in [0.25, 0.3) is 0 Å². The number of azo groups is 2. The minimum atomic E-state index is -0.477. The molecule has 0 spiro atoms. The molecule has 1 atom stereocenters. The second-order valence-corrected chi connectivity index (χ2v) is 12.2. The van der Waals surface area contributed by atoms with Crippen LogP contribution in [0.1, 0.15) is 67.9 Å². The van der Waals surface area contributed by atoms with Gasteiger partial charge in [-0.25, -0.2) is 0 Å². The van der Waals surface area contributed by atoms with Gasteiger partial charge in [-0.1, -0.05) is 100 Å². The van der Waals surface area contributed by atoms with E-state index in [1.165, 1.54) is 42.3 Å². The van der Waals surface area contributed by atoms with Crippen molar-refractivity contribution in [3.63, 3.8) is 0 Å². The van der Waals surface area contributed by atoms with Crippen molar-refractivity contribution in [3.8, 4) is 0 Å². The lowest BCUT2D eigenvalue weighted by Gasteiger charge is -2.14. The van der Waals surface area contributed by atoms with Crippen LogP contribution in [0.2, 0.25) is 0 Å². The summed E-state index contributed by atoms with van der Waals surface area (Å²) in [5.41, 5.74) is 8.86. The van der Waals surface area contributed by atoms with Gasteiger partial charge in [-0.05, 0) is 71.7 Å². The number of likely N-dealkylation sites (tertiary alicyclic amines) is 1. The largest absolute Gasteiger partial charge is 0.285 e. The Morgan fingerprint density at radius 3 is 1.29 bits per heavy atom. The Bertz CT molecular complexity index is 1930. The molecular formula is C42H46N6O4. The molecule has 0 saturated carbocycles. The lowest BCUT2D eigenvalue weighted by Crippen LogP contribution is -2.25. The van der Waals surface area contributed by atoms with Crippen LogP contribution in [0.15, 0.2) is 124 Å². The average molecular weight is 699 g/mol. The van der Waals surface area contributed by atoms with Crippen LogP contribution >= 0.6 is 0 Å². The SMILES string of the molecule is CCc1ccccc1N=Nc1c(CC)cccc1C1CC(=O)N(C)C1=O.CCc1ccccc1N=Nc1ccccc1CC.CN1C(=O)C=CC1=O. The highest BCUT2D eigenvalue weighted by Gasteiger charge is 2.38. The molecule has 4 amide bonds. The number of benzene rings is 4. The fourth-order valence-corrected chi connectivity index (χ4v) is 5.71. The number of carbonyl (C=O) groups is 4. The van der Waals surface area contributed by atoms with E-state index in [0.717, 1.165) is 64.3 Å². The lowest BCUT2D eigenvalue weighted by molar-refractivity contribution is -0.137. The molecule has 52 heavy (non-hydrogen) atoms. The Morgan fingerprint density at radius 1 is 0.519 bits per heavy atom. The maximum absolute atomic E-state index is 12.5. The number of aryl methyl sites for hydroxylation is 4. The number of hydrogen-bond acceptors (Lipinski definition) is 8. The summed E-state index contributed by atoms with van der Waals surface area (Å²) in [6.07, 6.45) is 6.30. The first-order valence-corrected chi connectivity index (χ1v) is 17.6. The smallest absolute Gasteiger partial charge is 0.253 e. The Morgan fingerprint density at radius 2 is 0.923 bits per heavy atom. The predicted octanol–water partition coefficient (Wildman–Crippen LogP) is 9.47. The summed E-state index contributed by atoms with van der Waals surface area (Å²) in [7, 11) is 2.98. The van der Waals surface area contributed by atoms with E-state index >= 15 is 0 Å². The molecule has 6 rings (SSSR count). The molecule has 1 unspecified atom stereocenters. The summed E-state index contributed by atoms with van der Waals surface area (Å²) in [5, 5.41) is 17.8. The third kappa shape index (κ3) is 9.66. The number of hydrogen-bond donors (Lipinski definition) is 0. The van der Waals surface area contributed by atoms with Crippen LogP contribution < -0.4 is 0 Å². The van der Waals surface area contributed by atoms with Gasteiger partial charge in [0.05, 0.1) is 28.7 Å². The summed E-state index contributed by atoms with van der Waals surface area (Å²) in [6, 6.07) is 30.0. The minimum absolute atomic E-state index is 0.152. The highest BCUT2D eigenvalue weighted by Crippen LogP contribution is 2.38. The Hall–Kier alpha value is -5.90. The van der Waals surface area contributed by atoms with Crippen LogP contribution in [0.3, 0.4) is 0 Å². The first-order valence-electron chi connectivity index (χ1n) is 17.6. The molecule has 0 bridgehead atoms. The summed E-state index contributed by atoms with van der Waals surface area (Å²) < 4.78 is 0. The van der Waals surface area contributed by atoms with Gasteiger partial charge in [0.2, 0.25) is 11.8 Å². The van der Waals surface area contributed by atoms with Crippen LogP contribution in [0, 0.1) is 0 Å². The van der Waals surface area contributed by atoms with E-state index in [9.17, 15) is 19.2 Å². The fourth-order valence-electron chi connectivity index (χ4n) is 5.71. The van der Waals surface area contributed by atoms with Crippen molar-refractivity contribution in [2.45, 2.75) is 65.7 Å². The van der Waals surface area contributed by atoms with Gasteiger partial charge in [0, 0.05) is 32.7 Å². The van der Waals surface area contributed by atoms with Gasteiger partial charge in [0.15, 0.2) is 0 Å². The number of carbonyl (C=O) groups excluding carboxylic acids is 4. The van der Waals surface area contributed by atoms with Gasteiger partial charge < -0.3 is 0 Å². The van der Waals surface area contributed by atoms with E-state index in [-0.39, 0.29) is 30.0 Å². The summed E-state index contributed by atoms with van der Waals surface area (Å²) in [5.74, 6) is -1.28. The van der Waals surface area contributed by atoms with Crippen LogP contribution in [-0.4, -0.2) is 47.5 Å². The zero-order valence-corrected chi connectivity index (χ0v) is 30.7. The van der Waals surface area contributed by atoms with Gasteiger partial charge in [-0.2, -0.15) is 15.3 Å². The first kappa shape index (κ1) is 38.9. The monoisotopic (exact) mass is 698 g/mol. The standard InChI is InChI=1S/C21H23N3O2.C16H18N2.C5H5NO2/c1-4-14-9-6-7-12-18(14)22-23-20-15(5-2)10-8-11-16(20)17-13-19(25)24(3)21(17)26;1-3-13-9-5-7-11-15(13)17-18-16-12-8-6-10-14(16)4-2;1-6-4(7)2-3-5(6)8/h6-12,17H,4-5,13H2,1-3H3;5-12H,3-4H2,1-2H3;2-3H,1H3. The second kappa shape index (κ2) is 18.9. The van der Waals surface area contributed by atoms with E-state index in [1.54, 1.807) is 0 Å². The van der Waals surface area contributed by atoms with Gasteiger partial charge in [-0.15, -0.1) is 5.11 Å². The lowest BCUT2D eigenvalue weighted by atomic mass is 9.93. The molecule has 268 valence electrons. The highest BCUT2D eigenvalue weighted by atomic mass is 16.2. The molecule has 4 aromatic carbocycles. The van der Waals surface area contributed by atoms with E-state index < -0.39 is 5.92 Å². The molecule has 2 aliphatic rings. The molecule has 1 saturated heterocycles. The number of rotatable bonds is 9. The minimum Gasteiger partial charge on any atom is -0.285 e. The van der Waals surface area contributed by atoms with Gasteiger partial charge in [0.1, 0.15) is 0 Å². The fraction of sp³-hybridized carbons (Fsp3) is 0.286. The van der Waals surface area contributed by atoms with Crippen LogP contribution in [-0.2, 0) is 44.9 Å². The number of amides is 4. The molecule has 4 aromatic rings. The van der Waals surface area contributed by atoms with Crippen molar-refractivity contribution in [2.24, 2.45) is 20.5 Å². The third-order valence-corrected chi connectivity index (χ3v) is 8.96. The molecule has 0 aromatic heterocycles.